The molecule has 0 heterocycles. The lowest BCUT2D eigenvalue weighted by Gasteiger charge is -2.36. The van der Waals surface area contributed by atoms with Crippen molar-refractivity contribution in [3.05, 3.63) is 144 Å². The number of carbonyl (C=O) groups excluding carboxylic acids is 2. The Kier molecular flexibility index (Phi) is 13.1. The molecule has 0 aliphatic heterocycles. The molecule has 4 aromatic carbocycles. The van der Waals surface area contributed by atoms with Gasteiger partial charge in [-0.15, -0.1) is 0 Å². The molecule has 0 fully saturated rings. The second-order valence-corrected chi connectivity index (χ2v) is 10.2. The van der Waals surface area contributed by atoms with Gasteiger partial charge in [0.2, 0.25) is 5.91 Å². The molecule has 0 saturated heterocycles. The molecule has 0 bridgehead atoms. The van der Waals surface area contributed by atoms with Crippen LogP contribution in [0.25, 0.3) is 0 Å². The molecule has 1 N–H and O–H groups in total. The highest BCUT2D eigenvalue weighted by Gasteiger charge is 2.38. The maximum absolute atomic E-state index is 12.5. The molecule has 0 saturated carbocycles. The van der Waals surface area contributed by atoms with Gasteiger partial charge in [0.1, 0.15) is 30.6 Å². The molecule has 4 rings (SSSR count). The van der Waals surface area contributed by atoms with E-state index in [2.05, 4.69) is 5.32 Å². The first kappa shape index (κ1) is 31.8. The summed E-state index contributed by atoms with van der Waals surface area (Å²) in [6.45, 7) is 2.65. The average molecular weight is 582 g/mol. The van der Waals surface area contributed by atoms with E-state index in [0.717, 1.165) is 22.3 Å². The van der Waals surface area contributed by atoms with Gasteiger partial charge in [0, 0.05) is 6.92 Å². The van der Waals surface area contributed by atoms with Crippen LogP contribution in [-0.4, -0.2) is 43.2 Å². The molecule has 0 aliphatic carbocycles. The van der Waals surface area contributed by atoms with Gasteiger partial charge in [0.25, 0.3) is 0 Å². The number of aldehydes is 1. The van der Waals surface area contributed by atoms with Crippen molar-refractivity contribution in [3.63, 3.8) is 0 Å². The summed E-state index contributed by atoms with van der Waals surface area (Å²) < 4.78 is 25.6. The fraction of sp³-hybridized carbons (Fsp3) is 0.278. The summed E-state index contributed by atoms with van der Waals surface area (Å²) >= 11 is 0. The van der Waals surface area contributed by atoms with Crippen LogP contribution in [0.2, 0.25) is 0 Å². The minimum absolute atomic E-state index is 0.165. The zero-order valence-corrected chi connectivity index (χ0v) is 24.4. The number of rotatable bonds is 18. The predicted molar refractivity (Wildman–Crippen MR) is 165 cm³/mol. The van der Waals surface area contributed by atoms with E-state index in [1.807, 2.05) is 121 Å². The van der Waals surface area contributed by atoms with Crippen LogP contribution < -0.4 is 5.32 Å². The van der Waals surface area contributed by atoms with Crippen molar-refractivity contribution in [1.82, 2.24) is 5.32 Å². The SMILES string of the molecule is CC(=O)NC(C=O)C(OCc1ccccc1)C(OCc1ccccc1)C(COCc1ccccc1)OCc1ccccc1. The van der Waals surface area contributed by atoms with Crippen molar-refractivity contribution in [1.29, 1.82) is 0 Å². The third kappa shape index (κ3) is 10.9. The zero-order chi connectivity index (χ0) is 30.1. The Morgan fingerprint density at radius 3 is 1.42 bits per heavy atom. The Hall–Kier alpha value is -4.14. The van der Waals surface area contributed by atoms with Crippen LogP contribution in [0.15, 0.2) is 121 Å². The Morgan fingerprint density at radius 2 is 1.00 bits per heavy atom. The van der Waals surface area contributed by atoms with Crippen molar-refractivity contribution in [2.75, 3.05) is 6.61 Å². The van der Waals surface area contributed by atoms with E-state index >= 15 is 0 Å². The highest BCUT2D eigenvalue weighted by molar-refractivity contribution is 5.77. The largest absolute Gasteiger partial charge is 0.374 e. The first-order valence-corrected chi connectivity index (χ1v) is 14.4. The number of hydrogen-bond acceptors (Lipinski definition) is 6. The number of carbonyl (C=O) groups is 2. The Balaban J connectivity index is 1.65. The molecule has 0 radical (unpaired) electrons. The van der Waals surface area contributed by atoms with Gasteiger partial charge in [0.05, 0.1) is 33.0 Å². The van der Waals surface area contributed by atoms with E-state index in [0.29, 0.717) is 19.5 Å². The van der Waals surface area contributed by atoms with Gasteiger partial charge in [-0.2, -0.15) is 0 Å². The van der Waals surface area contributed by atoms with Crippen LogP contribution >= 0.6 is 0 Å². The van der Waals surface area contributed by atoms with E-state index in [-0.39, 0.29) is 25.7 Å². The van der Waals surface area contributed by atoms with Crippen LogP contribution in [0.3, 0.4) is 0 Å². The molecule has 7 heteroatoms. The topological polar surface area (TPSA) is 83.1 Å². The number of ether oxygens (including phenoxy) is 4. The van der Waals surface area contributed by atoms with E-state index in [1.165, 1.54) is 6.92 Å². The number of hydrogen-bond donors (Lipinski definition) is 1. The van der Waals surface area contributed by atoms with Crippen molar-refractivity contribution in [2.24, 2.45) is 0 Å². The second-order valence-electron chi connectivity index (χ2n) is 10.2. The molecule has 1 amide bonds. The maximum atomic E-state index is 12.5. The molecule has 0 aliphatic rings. The zero-order valence-electron chi connectivity index (χ0n) is 24.4. The molecule has 224 valence electrons. The molecular weight excluding hydrogens is 542 g/mol. The van der Waals surface area contributed by atoms with Gasteiger partial charge in [-0.25, -0.2) is 0 Å². The normalized spacial score (nSPS) is 13.9. The maximum Gasteiger partial charge on any atom is 0.217 e. The van der Waals surface area contributed by atoms with E-state index in [1.54, 1.807) is 0 Å². The number of benzene rings is 4. The van der Waals surface area contributed by atoms with Crippen LogP contribution in [0.5, 0.6) is 0 Å². The van der Waals surface area contributed by atoms with E-state index in [4.69, 9.17) is 18.9 Å². The molecule has 0 aromatic heterocycles. The van der Waals surface area contributed by atoms with Crippen molar-refractivity contribution < 1.29 is 28.5 Å². The number of amides is 1. The standard InChI is InChI=1S/C36H39NO6/c1-28(39)37-33(22-38)35(42-25-31-18-10-4-11-19-31)36(43-26-32-20-12-5-13-21-32)34(41-24-30-16-8-3-9-17-30)27-40-23-29-14-6-2-7-15-29/h2-22,33-36H,23-27H2,1H3,(H,37,39). The van der Waals surface area contributed by atoms with Crippen molar-refractivity contribution >= 4 is 12.2 Å². The Labute approximate surface area is 253 Å². The summed E-state index contributed by atoms with van der Waals surface area (Å²) in [7, 11) is 0. The van der Waals surface area contributed by atoms with Crippen LogP contribution in [0.4, 0.5) is 0 Å². The van der Waals surface area contributed by atoms with Gasteiger partial charge in [0.15, 0.2) is 0 Å². The summed E-state index contributed by atoms with van der Waals surface area (Å²) in [5.41, 5.74) is 3.87. The van der Waals surface area contributed by atoms with Gasteiger partial charge in [-0.1, -0.05) is 121 Å². The lowest BCUT2D eigenvalue weighted by atomic mass is 10.0. The summed E-state index contributed by atoms with van der Waals surface area (Å²) in [5.74, 6) is -0.352. The third-order valence-corrected chi connectivity index (χ3v) is 6.83. The molecule has 0 spiro atoms. The van der Waals surface area contributed by atoms with Gasteiger partial charge < -0.3 is 29.1 Å². The quantitative estimate of drug-likeness (QED) is 0.153. The van der Waals surface area contributed by atoms with Gasteiger partial charge >= 0.3 is 0 Å². The molecule has 43 heavy (non-hydrogen) atoms. The lowest BCUT2D eigenvalue weighted by molar-refractivity contribution is -0.176. The summed E-state index contributed by atoms with van der Waals surface area (Å²) in [6.07, 6.45) is -1.63. The number of nitrogens with one attached hydrogen (secondary N) is 1. The summed E-state index contributed by atoms with van der Waals surface area (Å²) in [4.78, 5) is 24.6. The molecule has 4 atom stereocenters. The smallest absolute Gasteiger partial charge is 0.217 e. The molecule has 4 unspecified atom stereocenters. The van der Waals surface area contributed by atoms with E-state index < -0.39 is 24.4 Å². The fourth-order valence-electron chi connectivity index (χ4n) is 4.66. The van der Waals surface area contributed by atoms with Crippen molar-refractivity contribution in [3.8, 4) is 0 Å². The van der Waals surface area contributed by atoms with Crippen LogP contribution in [-0.2, 0) is 55.0 Å². The monoisotopic (exact) mass is 581 g/mol. The molecular formula is C36H39NO6. The minimum atomic E-state index is -0.987. The second kappa shape index (κ2) is 17.7. The highest BCUT2D eigenvalue weighted by atomic mass is 16.6. The summed E-state index contributed by atoms with van der Waals surface area (Å²) in [5, 5.41) is 2.75. The van der Waals surface area contributed by atoms with Gasteiger partial charge in [-0.05, 0) is 22.3 Å². The van der Waals surface area contributed by atoms with Crippen molar-refractivity contribution in [2.45, 2.75) is 57.7 Å². The van der Waals surface area contributed by atoms with Crippen LogP contribution in [0.1, 0.15) is 29.2 Å². The molecule has 4 aromatic rings. The Morgan fingerprint density at radius 1 is 0.605 bits per heavy atom. The first-order chi connectivity index (χ1) is 21.1. The predicted octanol–water partition coefficient (Wildman–Crippen LogP) is 5.66. The summed E-state index contributed by atoms with van der Waals surface area (Å²) in [6, 6.07) is 38.1. The minimum Gasteiger partial charge on any atom is -0.374 e. The Bertz CT molecular complexity index is 1340. The molecule has 7 nitrogen and oxygen atoms in total. The van der Waals surface area contributed by atoms with Crippen LogP contribution in [0, 0.1) is 0 Å². The third-order valence-electron chi connectivity index (χ3n) is 6.83. The fourth-order valence-corrected chi connectivity index (χ4v) is 4.66. The van der Waals surface area contributed by atoms with E-state index in [9.17, 15) is 9.59 Å². The lowest BCUT2D eigenvalue weighted by Crippen LogP contribution is -2.56. The van der Waals surface area contributed by atoms with Gasteiger partial charge in [-0.3, -0.25) is 4.79 Å². The first-order valence-electron chi connectivity index (χ1n) is 14.4. The highest BCUT2D eigenvalue weighted by Crippen LogP contribution is 2.22. The average Bonchev–Trinajstić information content (AvgIpc) is 3.05.